The predicted molar refractivity (Wildman–Crippen MR) is 95.6 cm³/mol. The number of aromatic nitrogens is 2. The second-order valence-electron chi connectivity index (χ2n) is 5.48. The number of anilines is 1. The van der Waals surface area contributed by atoms with Crippen molar-refractivity contribution in [2.75, 3.05) is 25.2 Å². The summed E-state index contributed by atoms with van der Waals surface area (Å²) < 4.78 is 19.0. The van der Waals surface area contributed by atoms with Crippen molar-refractivity contribution >= 4 is 28.3 Å². The van der Waals surface area contributed by atoms with Gasteiger partial charge >= 0.3 is 0 Å². The van der Waals surface area contributed by atoms with Gasteiger partial charge in [0.05, 0.1) is 19.2 Å². The Morgan fingerprint density at radius 2 is 2.08 bits per heavy atom. The normalized spacial score (nSPS) is 10.9. The summed E-state index contributed by atoms with van der Waals surface area (Å²) in [5.41, 5.74) is 1.44. The number of aliphatic hydroxyl groups is 1. The molecule has 0 radical (unpaired) electrons. The third-order valence-corrected chi connectivity index (χ3v) is 4.05. The van der Waals surface area contributed by atoms with E-state index in [1.54, 1.807) is 12.1 Å². The van der Waals surface area contributed by atoms with Crippen molar-refractivity contribution in [1.82, 2.24) is 9.97 Å². The Morgan fingerprint density at radius 3 is 2.80 bits per heavy atom. The molecule has 3 rings (SSSR count). The summed E-state index contributed by atoms with van der Waals surface area (Å²) in [4.78, 5) is 10.4. The molecule has 25 heavy (non-hydrogen) atoms. The molecule has 0 saturated heterocycles. The van der Waals surface area contributed by atoms with Gasteiger partial charge in [0.1, 0.15) is 12.1 Å². The molecule has 1 aromatic heterocycles. The number of fused-ring (bicyclic) bond motifs is 1. The van der Waals surface area contributed by atoms with E-state index in [1.165, 1.54) is 19.5 Å². The highest BCUT2D eigenvalue weighted by atomic mass is 35.5. The molecular formula is C18H17ClFN3O2. The van der Waals surface area contributed by atoms with Crippen molar-refractivity contribution in [1.29, 1.82) is 0 Å². The molecule has 0 amide bonds. The van der Waals surface area contributed by atoms with Crippen LogP contribution in [0.3, 0.4) is 0 Å². The molecule has 0 aliphatic heterocycles. The van der Waals surface area contributed by atoms with Crippen molar-refractivity contribution in [3.05, 3.63) is 59.1 Å². The summed E-state index contributed by atoms with van der Waals surface area (Å²) in [5.74, 6) is 0.232. The monoisotopic (exact) mass is 361 g/mol. The molecular weight excluding hydrogens is 345 g/mol. The van der Waals surface area contributed by atoms with Gasteiger partial charge in [-0.15, -0.1) is 0 Å². The minimum absolute atomic E-state index is 0.0512. The first-order valence-electron chi connectivity index (χ1n) is 7.71. The molecule has 2 aromatic carbocycles. The molecule has 130 valence electrons. The average molecular weight is 362 g/mol. The molecule has 0 aliphatic rings. The highest BCUT2D eigenvalue weighted by Gasteiger charge is 2.16. The number of aliphatic hydroxyl groups excluding tert-OH is 1. The summed E-state index contributed by atoms with van der Waals surface area (Å²) >= 11 is 6.05. The summed E-state index contributed by atoms with van der Waals surface area (Å²) in [5, 5.41) is 10.7. The number of ether oxygens (including phenoxy) is 1. The maximum Gasteiger partial charge on any atom is 0.167 e. The molecule has 1 heterocycles. The Hall–Kier alpha value is -2.44. The van der Waals surface area contributed by atoms with Gasteiger partial charge < -0.3 is 14.7 Å². The zero-order valence-corrected chi connectivity index (χ0v) is 14.4. The van der Waals surface area contributed by atoms with E-state index >= 15 is 0 Å². The third kappa shape index (κ3) is 3.81. The Labute approximate surface area is 149 Å². The van der Waals surface area contributed by atoms with E-state index in [2.05, 4.69) is 9.97 Å². The van der Waals surface area contributed by atoms with Crippen LogP contribution in [0.5, 0.6) is 5.75 Å². The van der Waals surface area contributed by atoms with E-state index in [9.17, 15) is 9.50 Å². The quantitative estimate of drug-likeness (QED) is 0.729. The van der Waals surface area contributed by atoms with E-state index in [4.69, 9.17) is 16.3 Å². The second kappa shape index (κ2) is 7.63. The summed E-state index contributed by atoms with van der Waals surface area (Å²) in [6.07, 6.45) is 1.38. The van der Waals surface area contributed by atoms with Gasteiger partial charge in [-0.25, -0.2) is 14.4 Å². The maximum absolute atomic E-state index is 13.9. The van der Waals surface area contributed by atoms with Crippen LogP contribution in [0.2, 0.25) is 5.02 Å². The standard InChI is InChI=1S/C18H17ClFN3O2/c1-25-17-8-14-16(9-15(17)20)21-11-22-18(14)23(5-6-24)10-12-3-2-4-13(19)7-12/h2-4,7-9,11,24H,5-6,10H2,1H3. The summed E-state index contributed by atoms with van der Waals surface area (Å²) in [6, 6.07) is 10.4. The van der Waals surface area contributed by atoms with Crippen molar-refractivity contribution < 1.29 is 14.2 Å². The number of methoxy groups -OCH3 is 1. The fraction of sp³-hybridized carbons (Fsp3) is 0.222. The molecule has 0 atom stereocenters. The van der Waals surface area contributed by atoms with Crippen LogP contribution >= 0.6 is 11.6 Å². The van der Waals surface area contributed by atoms with E-state index in [0.717, 1.165) is 5.56 Å². The number of hydrogen-bond acceptors (Lipinski definition) is 5. The fourth-order valence-corrected chi connectivity index (χ4v) is 2.90. The van der Waals surface area contributed by atoms with Crippen LogP contribution in [-0.4, -0.2) is 35.3 Å². The topological polar surface area (TPSA) is 58.5 Å². The number of hydrogen-bond donors (Lipinski definition) is 1. The molecule has 0 spiro atoms. The number of benzene rings is 2. The molecule has 0 fully saturated rings. The summed E-state index contributed by atoms with van der Waals surface area (Å²) in [6.45, 7) is 0.801. The smallest absolute Gasteiger partial charge is 0.167 e. The Kier molecular flexibility index (Phi) is 5.31. The maximum atomic E-state index is 13.9. The van der Waals surface area contributed by atoms with Crippen molar-refractivity contribution in [3.8, 4) is 5.75 Å². The minimum atomic E-state index is -0.483. The van der Waals surface area contributed by atoms with Crippen LogP contribution in [0.1, 0.15) is 5.56 Å². The highest BCUT2D eigenvalue weighted by Crippen LogP contribution is 2.30. The highest BCUT2D eigenvalue weighted by molar-refractivity contribution is 6.30. The number of rotatable bonds is 6. The van der Waals surface area contributed by atoms with Gasteiger partial charge in [-0.3, -0.25) is 0 Å². The lowest BCUT2D eigenvalue weighted by Crippen LogP contribution is -2.27. The van der Waals surface area contributed by atoms with E-state index in [-0.39, 0.29) is 12.4 Å². The molecule has 0 saturated carbocycles. The Bertz CT molecular complexity index is 891. The SMILES string of the molecule is COc1cc2c(N(CCO)Cc3cccc(Cl)c3)ncnc2cc1F. The van der Waals surface area contributed by atoms with Gasteiger partial charge in [0.15, 0.2) is 11.6 Å². The van der Waals surface area contributed by atoms with Crippen LogP contribution in [0, 0.1) is 5.82 Å². The molecule has 3 aromatic rings. The van der Waals surface area contributed by atoms with Gasteiger partial charge in [0.2, 0.25) is 0 Å². The van der Waals surface area contributed by atoms with Crippen LogP contribution < -0.4 is 9.64 Å². The lowest BCUT2D eigenvalue weighted by molar-refractivity contribution is 0.301. The van der Waals surface area contributed by atoms with Crippen molar-refractivity contribution in [3.63, 3.8) is 0 Å². The van der Waals surface area contributed by atoms with E-state index in [1.807, 2.05) is 23.1 Å². The van der Waals surface area contributed by atoms with Crippen LogP contribution in [0.4, 0.5) is 10.2 Å². The van der Waals surface area contributed by atoms with Gasteiger partial charge in [0, 0.05) is 29.6 Å². The lowest BCUT2D eigenvalue weighted by Gasteiger charge is -2.24. The van der Waals surface area contributed by atoms with E-state index in [0.29, 0.717) is 34.8 Å². The molecule has 1 N–H and O–H groups in total. The van der Waals surface area contributed by atoms with Gasteiger partial charge in [-0.2, -0.15) is 0 Å². The number of halogens is 2. The predicted octanol–water partition coefficient (Wildman–Crippen LogP) is 3.43. The van der Waals surface area contributed by atoms with Gasteiger partial charge in [-0.1, -0.05) is 23.7 Å². The molecule has 5 nitrogen and oxygen atoms in total. The molecule has 0 aliphatic carbocycles. The largest absolute Gasteiger partial charge is 0.494 e. The minimum Gasteiger partial charge on any atom is -0.494 e. The molecule has 0 bridgehead atoms. The molecule has 7 heteroatoms. The first-order valence-corrected chi connectivity index (χ1v) is 8.08. The zero-order chi connectivity index (χ0) is 17.8. The van der Waals surface area contributed by atoms with Crippen molar-refractivity contribution in [2.24, 2.45) is 0 Å². The van der Waals surface area contributed by atoms with Gasteiger partial charge in [-0.05, 0) is 23.8 Å². The lowest BCUT2D eigenvalue weighted by atomic mass is 10.1. The van der Waals surface area contributed by atoms with E-state index < -0.39 is 5.82 Å². The van der Waals surface area contributed by atoms with Crippen LogP contribution in [0.15, 0.2) is 42.7 Å². The van der Waals surface area contributed by atoms with Gasteiger partial charge in [0.25, 0.3) is 0 Å². The second-order valence-corrected chi connectivity index (χ2v) is 5.91. The first kappa shape index (κ1) is 17.4. The Morgan fingerprint density at radius 1 is 1.24 bits per heavy atom. The zero-order valence-electron chi connectivity index (χ0n) is 13.6. The van der Waals surface area contributed by atoms with Crippen LogP contribution in [0.25, 0.3) is 10.9 Å². The Balaban J connectivity index is 2.06. The van der Waals surface area contributed by atoms with Crippen LogP contribution in [-0.2, 0) is 6.54 Å². The van der Waals surface area contributed by atoms with Crippen molar-refractivity contribution in [2.45, 2.75) is 6.54 Å². The first-order chi connectivity index (χ1) is 12.1. The average Bonchev–Trinajstić information content (AvgIpc) is 2.60. The fourth-order valence-electron chi connectivity index (χ4n) is 2.69. The summed E-state index contributed by atoms with van der Waals surface area (Å²) in [7, 11) is 1.41. The number of nitrogens with zero attached hydrogens (tertiary/aromatic N) is 3. The molecule has 0 unspecified atom stereocenters. The third-order valence-electron chi connectivity index (χ3n) is 3.82.